The zero-order valence-electron chi connectivity index (χ0n) is 11.2. The maximum atomic E-state index is 13.8. The van der Waals surface area contributed by atoms with E-state index in [9.17, 15) is 4.39 Å². The van der Waals surface area contributed by atoms with Crippen LogP contribution in [0.1, 0.15) is 11.3 Å². The van der Waals surface area contributed by atoms with Gasteiger partial charge in [-0.25, -0.2) is 4.39 Å². The van der Waals surface area contributed by atoms with Crippen LogP contribution in [0.15, 0.2) is 48.5 Å². The van der Waals surface area contributed by atoms with Crippen molar-refractivity contribution in [3.05, 3.63) is 65.6 Å². The van der Waals surface area contributed by atoms with Crippen molar-refractivity contribution >= 4 is 10.9 Å². The van der Waals surface area contributed by atoms with E-state index in [1.807, 2.05) is 43.3 Å². The van der Waals surface area contributed by atoms with Gasteiger partial charge >= 0.3 is 0 Å². The fourth-order valence-electron chi connectivity index (χ4n) is 2.30. The number of nitrogens with zero attached hydrogens (tertiary/aromatic N) is 1. The van der Waals surface area contributed by atoms with Crippen LogP contribution in [0.4, 0.5) is 4.39 Å². The molecule has 0 atom stereocenters. The number of fused-ring (bicyclic) bond motifs is 1. The Kier molecular flexibility index (Phi) is 3.20. The SMILES string of the molecule is Cc1ccc2cc(-c3ccc(CN)c(F)c3)ccc2n1. The summed E-state index contributed by atoms with van der Waals surface area (Å²) in [5.74, 6) is -0.257. The summed E-state index contributed by atoms with van der Waals surface area (Å²) in [5.41, 5.74) is 9.78. The minimum Gasteiger partial charge on any atom is -0.326 e. The summed E-state index contributed by atoms with van der Waals surface area (Å²) < 4.78 is 13.8. The van der Waals surface area contributed by atoms with Gasteiger partial charge in [0.2, 0.25) is 0 Å². The van der Waals surface area contributed by atoms with Crippen molar-refractivity contribution in [1.82, 2.24) is 4.98 Å². The molecular formula is C17H15FN2. The Morgan fingerprint density at radius 3 is 2.50 bits per heavy atom. The highest BCUT2D eigenvalue weighted by Crippen LogP contribution is 2.25. The number of aromatic nitrogens is 1. The molecule has 0 amide bonds. The van der Waals surface area contributed by atoms with Gasteiger partial charge in [0.05, 0.1) is 5.52 Å². The summed E-state index contributed by atoms with van der Waals surface area (Å²) in [5, 5.41) is 1.05. The first-order valence-electron chi connectivity index (χ1n) is 6.53. The van der Waals surface area contributed by atoms with Crippen LogP contribution in [-0.4, -0.2) is 4.98 Å². The lowest BCUT2D eigenvalue weighted by Crippen LogP contribution is -1.99. The fourth-order valence-corrected chi connectivity index (χ4v) is 2.30. The van der Waals surface area contributed by atoms with E-state index in [1.165, 1.54) is 6.07 Å². The Balaban J connectivity index is 2.10. The maximum absolute atomic E-state index is 13.8. The van der Waals surface area contributed by atoms with E-state index in [1.54, 1.807) is 6.07 Å². The highest BCUT2D eigenvalue weighted by Gasteiger charge is 2.05. The molecule has 0 aliphatic rings. The lowest BCUT2D eigenvalue weighted by molar-refractivity contribution is 0.611. The van der Waals surface area contributed by atoms with E-state index in [2.05, 4.69) is 4.98 Å². The van der Waals surface area contributed by atoms with Crippen LogP contribution in [0.2, 0.25) is 0 Å². The number of rotatable bonds is 2. The molecule has 0 radical (unpaired) electrons. The first-order chi connectivity index (χ1) is 9.67. The lowest BCUT2D eigenvalue weighted by atomic mass is 10.0. The number of hydrogen-bond acceptors (Lipinski definition) is 2. The van der Waals surface area contributed by atoms with E-state index in [0.29, 0.717) is 5.56 Å². The molecule has 0 aliphatic heterocycles. The summed E-state index contributed by atoms with van der Waals surface area (Å²) in [6.07, 6.45) is 0. The Hall–Kier alpha value is -2.26. The molecule has 0 spiro atoms. The average molecular weight is 266 g/mol. The molecule has 1 heterocycles. The molecule has 1 aromatic heterocycles. The van der Waals surface area contributed by atoms with Crippen molar-refractivity contribution in [2.45, 2.75) is 13.5 Å². The van der Waals surface area contributed by atoms with Crippen molar-refractivity contribution in [2.24, 2.45) is 5.73 Å². The average Bonchev–Trinajstić information content (AvgIpc) is 2.46. The second-order valence-corrected chi connectivity index (χ2v) is 4.87. The first-order valence-corrected chi connectivity index (χ1v) is 6.53. The standard InChI is InChI=1S/C17H15FN2/c1-11-2-3-14-8-12(6-7-17(14)20-11)13-4-5-15(10-19)16(18)9-13/h2-9H,10,19H2,1H3. The molecule has 0 saturated heterocycles. The maximum Gasteiger partial charge on any atom is 0.128 e. The number of benzene rings is 2. The Morgan fingerprint density at radius 1 is 1.00 bits per heavy atom. The molecule has 100 valence electrons. The molecule has 0 aliphatic carbocycles. The van der Waals surface area contributed by atoms with Gasteiger partial charge in [0, 0.05) is 23.2 Å². The summed E-state index contributed by atoms with van der Waals surface area (Å²) in [6, 6.07) is 15.1. The van der Waals surface area contributed by atoms with Gasteiger partial charge in [-0.05, 0) is 42.3 Å². The molecular weight excluding hydrogens is 251 g/mol. The summed E-state index contributed by atoms with van der Waals surface area (Å²) in [4.78, 5) is 4.46. The van der Waals surface area contributed by atoms with Crippen LogP contribution < -0.4 is 5.73 Å². The van der Waals surface area contributed by atoms with E-state index in [0.717, 1.165) is 27.7 Å². The second kappa shape index (κ2) is 5.02. The first kappa shape index (κ1) is 12.8. The molecule has 3 rings (SSSR count). The van der Waals surface area contributed by atoms with Crippen molar-refractivity contribution in [2.75, 3.05) is 0 Å². The molecule has 0 unspecified atom stereocenters. The molecule has 2 N–H and O–H groups in total. The van der Waals surface area contributed by atoms with Crippen molar-refractivity contribution in [3.63, 3.8) is 0 Å². The number of pyridine rings is 1. The number of halogens is 1. The minimum absolute atomic E-state index is 0.215. The van der Waals surface area contributed by atoms with Crippen LogP contribution in [0.3, 0.4) is 0 Å². The van der Waals surface area contributed by atoms with Gasteiger partial charge < -0.3 is 5.73 Å². The monoisotopic (exact) mass is 266 g/mol. The van der Waals surface area contributed by atoms with Gasteiger partial charge in [0.15, 0.2) is 0 Å². The Bertz CT molecular complexity index is 781. The van der Waals surface area contributed by atoms with Crippen LogP contribution in [-0.2, 0) is 6.54 Å². The van der Waals surface area contributed by atoms with Crippen molar-refractivity contribution in [3.8, 4) is 11.1 Å². The molecule has 3 heteroatoms. The molecule has 0 bridgehead atoms. The van der Waals surface area contributed by atoms with E-state index in [-0.39, 0.29) is 12.4 Å². The minimum atomic E-state index is -0.257. The Morgan fingerprint density at radius 2 is 1.75 bits per heavy atom. The third-order valence-electron chi connectivity index (χ3n) is 3.43. The van der Waals surface area contributed by atoms with Gasteiger partial charge in [0.25, 0.3) is 0 Å². The smallest absolute Gasteiger partial charge is 0.128 e. The van der Waals surface area contributed by atoms with Gasteiger partial charge in [-0.3, -0.25) is 4.98 Å². The molecule has 2 aromatic carbocycles. The number of nitrogens with two attached hydrogens (primary N) is 1. The third-order valence-corrected chi connectivity index (χ3v) is 3.43. The topological polar surface area (TPSA) is 38.9 Å². The van der Waals surface area contributed by atoms with Crippen LogP contribution in [0, 0.1) is 12.7 Å². The predicted molar refractivity (Wildman–Crippen MR) is 79.8 cm³/mol. The zero-order valence-corrected chi connectivity index (χ0v) is 11.2. The molecule has 0 fully saturated rings. The van der Waals surface area contributed by atoms with Crippen LogP contribution >= 0.6 is 0 Å². The predicted octanol–water partition coefficient (Wildman–Crippen LogP) is 3.81. The van der Waals surface area contributed by atoms with Gasteiger partial charge in [-0.2, -0.15) is 0 Å². The highest BCUT2D eigenvalue weighted by atomic mass is 19.1. The van der Waals surface area contributed by atoms with E-state index in [4.69, 9.17) is 5.73 Å². The zero-order chi connectivity index (χ0) is 14.1. The summed E-state index contributed by atoms with van der Waals surface area (Å²) >= 11 is 0. The lowest BCUT2D eigenvalue weighted by Gasteiger charge is -2.06. The fraction of sp³-hybridized carbons (Fsp3) is 0.118. The van der Waals surface area contributed by atoms with Crippen LogP contribution in [0.25, 0.3) is 22.0 Å². The van der Waals surface area contributed by atoms with Gasteiger partial charge in [-0.1, -0.05) is 24.3 Å². The van der Waals surface area contributed by atoms with E-state index < -0.39 is 0 Å². The number of hydrogen-bond donors (Lipinski definition) is 1. The van der Waals surface area contributed by atoms with Crippen molar-refractivity contribution in [1.29, 1.82) is 0 Å². The largest absolute Gasteiger partial charge is 0.326 e. The highest BCUT2D eigenvalue weighted by molar-refractivity contribution is 5.84. The molecule has 3 aromatic rings. The van der Waals surface area contributed by atoms with E-state index >= 15 is 0 Å². The normalized spacial score (nSPS) is 10.9. The second-order valence-electron chi connectivity index (χ2n) is 4.87. The molecule has 0 saturated carbocycles. The molecule has 2 nitrogen and oxygen atoms in total. The van der Waals surface area contributed by atoms with Gasteiger partial charge in [0.1, 0.15) is 5.82 Å². The Labute approximate surface area is 117 Å². The summed E-state index contributed by atoms with van der Waals surface area (Å²) in [6.45, 7) is 2.18. The quantitative estimate of drug-likeness (QED) is 0.766. The van der Waals surface area contributed by atoms with Gasteiger partial charge in [-0.15, -0.1) is 0 Å². The number of aryl methyl sites for hydroxylation is 1. The molecule has 20 heavy (non-hydrogen) atoms. The van der Waals surface area contributed by atoms with Crippen molar-refractivity contribution < 1.29 is 4.39 Å². The third kappa shape index (κ3) is 2.28. The summed E-state index contributed by atoms with van der Waals surface area (Å²) in [7, 11) is 0. The van der Waals surface area contributed by atoms with Crippen LogP contribution in [0.5, 0.6) is 0 Å².